The van der Waals surface area contributed by atoms with Gasteiger partial charge in [-0.1, -0.05) is 19.6 Å². The van der Waals surface area contributed by atoms with Crippen molar-refractivity contribution in [2.75, 3.05) is 37.2 Å². The van der Waals surface area contributed by atoms with Crippen molar-refractivity contribution >= 4 is 19.6 Å². The highest BCUT2D eigenvalue weighted by molar-refractivity contribution is 6.76. The van der Waals surface area contributed by atoms with Gasteiger partial charge < -0.3 is 20.1 Å². The molecule has 0 aliphatic carbocycles. The van der Waals surface area contributed by atoms with E-state index in [0.717, 1.165) is 50.2 Å². The van der Waals surface area contributed by atoms with Crippen molar-refractivity contribution < 1.29 is 9.47 Å². The van der Waals surface area contributed by atoms with E-state index >= 15 is 0 Å². The van der Waals surface area contributed by atoms with Gasteiger partial charge in [0, 0.05) is 33.9 Å². The summed E-state index contributed by atoms with van der Waals surface area (Å²) in [7, 11) is -1.06. The maximum absolute atomic E-state index is 5.70. The van der Waals surface area contributed by atoms with Crippen LogP contribution in [-0.2, 0) is 9.47 Å². The van der Waals surface area contributed by atoms with Crippen LogP contribution in [0.5, 0.6) is 0 Å². The molecule has 0 radical (unpaired) electrons. The van der Waals surface area contributed by atoms with E-state index in [1.165, 1.54) is 0 Å². The molecule has 1 saturated heterocycles. The lowest BCUT2D eigenvalue weighted by molar-refractivity contribution is 0.0904. The first-order valence-electron chi connectivity index (χ1n) is 8.47. The summed E-state index contributed by atoms with van der Waals surface area (Å²) in [6.07, 6.45) is 9.05. The summed E-state index contributed by atoms with van der Waals surface area (Å²) in [6, 6.07) is 1.49. The van der Waals surface area contributed by atoms with Crippen LogP contribution in [-0.4, -0.2) is 50.6 Å². The molecule has 0 unspecified atom stereocenters. The summed E-state index contributed by atoms with van der Waals surface area (Å²) < 4.78 is 11.1. The fourth-order valence-corrected chi connectivity index (χ4v) is 3.06. The van der Waals surface area contributed by atoms with Crippen LogP contribution in [0.3, 0.4) is 0 Å². The van der Waals surface area contributed by atoms with E-state index in [2.05, 4.69) is 46.2 Å². The summed E-state index contributed by atoms with van der Waals surface area (Å²) in [5.74, 6) is 3.60. The lowest BCUT2D eigenvalue weighted by Gasteiger charge is -2.24. The topological polar surface area (TPSA) is 68.3 Å². The van der Waals surface area contributed by atoms with Crippen molar-refractivity contribution in [1.29, 1.82) is 0 Å². The maximum Gasteiger partial charge on any atom is 0.206 e. The quantitative estimate of drug-likeness (QED) is 0.326. The third-order valence-electron chi connectivity index (χ3n) is 3.84. The molecule has 2 rings (SSSR count). The van der Waals surface area contributed by atoms with Gasteiger partial charge in [0.05, 0.1) is 11.9 Å². The van der Waals surface area contributed by atoms with Crippen LogP contribution in [0.4, 0.5) is 11.5 Å². The van der Waals surface area contributed by atoms with Gasteiger partial charge in [-0.3, -0.25) is 0 Å². The van der Waals surface area contributed by atoms with Crippen LogP contribution >= 0.6 is 0 Å². The molecule has 1 aliphatic heterocycles. The summed E-state index contributed by atoms with van der Waals surface area (Å²) >= 11 is 0. The molecule has 1 fully saturated rings. The van der Waals surface area contributed by atoms with Crippen LogP contribution in [0, 0.1) is 12.3 Å². The van der Waals surface area contributed by atoms with E-state index in [1.54, 1.807) is 6.20 Å². The molecule has 1 aliphatic rings. The Balaban J connectivity index is 1.91. The Morgan fingerprint density at radius 3 is 2.79 bits per heavy atom. The van der Waals surface area contributed by atoms with Gasteiger partial charge in [0.25, 0.3) is 0 Å². The molecule has 7 heteroatoms. The zero-order valence-corrected chi connectivity index (χ0v) is 15.9. The third kappa shape index (κ3) is 6.47. The molecular formula is C17H28N4O2Si. The van der Waals surface area contributed by atoms with Gasteiger partial charge in [0.2, 0.25) is 5.82 Å². The summed E-state index contributed by atoms with van der Waals surface area (Å²) in [5.41, 5.74) is 0.813. The first-order chi connectivity index (χ1) is 11.5. The van der Waals surface area contributed by atoms with Crippen LogP contribution in [0.1, 0.15) is 18.7 Å². The second kappa shape index (κ2) is 9.02. The number of nitrogens with one attached hydrogen (secondary N) is 2. The Morgan fingerprint density at radius 1 is 1.38 bits per heavy atom. The zero-order valence-electron chi connectivity index (χ0n) is 14.9. The molecule has 0 bridgehead atoms. The van der Waals surface area contributed by atoms with Gasteiger partial charge in [0.1, 0.15) is 6.73 Å². The minimum atomic E-state index is -1.06. The number of nitrogens with zero attached hydrogens (tertiary/aromatic N) is 2. The summed E-state index contributed by atoms with van der Waals surface area (Å²) in [4.78, 5) is 8.58. The molecule has 1 aromatic rings. The second-order valence-electron chi connectivity index (χ2n) is 7.17. The lowest BCUT2D eigenvalue weighted by Crippen LogP contribution is -2.29. The highest BCUT2D eigenvalue weighted by atomic mass is 28.3. The van der Waals surface area contributed by atoms with Crippen molar-refractivity contribution in [2.45, 2.75) is 44.6 Å². The predicted molar refractivity (Wildman–Crippen MR) is 100 cm³/mol. The van der Waals surface area contributed by atoms with E-state index in [9.17, 15) is 0 Å². The molecule has 0 aromatic carbocycles. The lowest BCUT2D eigenvalue weighted by atomic mass is 10.1. The number of hydrogen-bond donors (Lipinski definition) is 2. The van der Waals surface area contributed by atoms with E-state index in [4.69, 9.17) is 15.9 Å². The van der Waals surface area contributed by atoms with Crippen LogP contribution < -0.4 is 10.6 Å². The van der Waals surface area contributed by atoms with Gasteiger partial charge in [-0.2, -0.15) is 0 Å². The SMILES string of the molecule is C#Cc1ncc(NCOCC[Si](C)(C)C)c(NC2CCOCC2)n1. The molecule has 132 valence electrons. The maximum atomic E-state index is 5.70. The molecule has 0 spiro atoms. The molecule has 0 amide bonds. The Labute approximate surface area is 145 Å². The summed E-state index contributed by atoms with van der Waals surface area (Å²) in [5, 5.41) is 6.70. The van der Waals surface area contributed by atoms with Gasteiger partial charge in [-0.25, -0.2) is 9.97 Å². The molecule has 1 aromatic heterocycles. The Morgan fingerprint density at radius 2 is 2.12 bits per heavy atom. The van der Waals surface area contributed by atoms with Gasteiger partial charge in [-0.15, -0.1) is 6.42 Å². The highest BCUT2D eigenvalue weighted by Crippen LogP contribution is 2.21. The van der Waals surface area contributed by atoms with Crippen LogP contribution in [0.25, 0.3) is 0 Å². The molecule has 2 N–H and O–H groups in total. The predicted octanol–water partition coefficient (Wildman–Crippen LogP) is 2.77. The molecular weight excluding hydrogens is 320 g/mol. The molecule has 0 saturated carbocycles. The average molecular weight is 349 g/mol. The molecule has 0 atom stereocenters. The van der Waals surface area contributed by atoms with Gasteiger partial charge in [0.15, 0.2) is 5.82 Å². The molecule has 2 heterocycles. The first kappa shape index (κ1) is 18.7. The first-order valence-corrected chi connectivity index (χ1v) is 12.2. The summed E-state index contributed by atoms with van der Waals surface area (Å²) in [6.45, 7) is 9.77. The van der Waals surface area contributed by atoms with Crippen LogP contribution in [0.2, 0.25) is 25.7 Å². The number of terminal acetylenes is 1. The van der Waals surface area contributed by atoms with Crippen molar-refractivity contribution in [3.63, 3.8) is 0 Å². The molecule has 6 nitrogen and oxygen atoms in total. The number of anilines is 2. The number of hydrogen-bond acceptors (Lipinski definition) is 6. The van der Waals surface area contributed by atoms with Gasteiger partial charge >= 0.3 is 0 Å². The minimum absolute atomic E-state index is 0.340. The number of aromatic nitrogens is 2. The monoisotopic (exact) mass is 348 g/mol. The highest BCUT2D eigenvalue weighted by Gasteiger charge is 2.16. The second-order valence-corrected chi connectivity index (χ2v) is 12.8. The van der Waals surface area contributed by atoms with E-state index in [-0.39, 0.29) is 0 Å². The minimum Gasteiger partial charge on any atom is -0.381 e. The zero-order chi connectivity index (χ0) is 17.4. The van der Waals surface area contributed by atoms with E-state index in [0.29, 0.717) is 18.6 Å². The fraction of sp³-hybridized carbons (Fsp3) is 0.647. The normalized spacial score (nSPS) is 15.8. The smallest absolute Gasteiger partial charge is 0.206 e. The largest absolute Gasteiger partial charge is 0.381 e. The Hall–Kier alpha value is -1.62. The van der Waals surface area contributed by atoms with E-state index in [1.807, 2.05) is 0 Å². The van der Waals surface area contributed by atoms with Crippen molar-refractivity contribution in [3.05, 3.63) is 12.0 Å². The van der Waals surface area contributed by atoms with E-state index < -0.39 is 8.07 Å². The Kier molecular flexibility index (Phi) is 7.03. The number of ether oxygens (including phenoxy) is 2. The Bertz CT molecular complexity index is 563. The van der Waals surface area contributed by atoms with Gasteiger partial charge in [-0.05, 0) is 24.8 Å². The number of rotatable bonds is 8. The van der Waals surface area contributed by atoms with Crippen LogP contribution in [0.15, 0.2) is 6.20 Å². The molecule has 24 heavy (non-hydrogen) atoms. The standard InChI is InChI=1S/C17H28N4O2Si/c1-5-16-18-12-15(19-13-23-10-11-24(2,3)4)17(21-16)20-14-6-8-22-9-7-14/h1,12,14,19H,6-11,13H2,2-4H3,(H,18,20,21). The van der Waals surface area contributed by atoms with Crippen molar-refractivity contribution in [3.8, 4) is 12.3 Å². The average Bonchev–Trinajstić information content (AvgIpc) is 2.55. The van der Waals surface area contributed by atoms with Crippen molar-refractivity contribution in [1.82, 2.24) is 9.97 Å². The van der Waals surface area contributed by atoms with Crippen molar-refractivity contribution in [2.24, 2.45) is 0 Å². The fourth-order valence-electron chi connectivity index (χ4n) is 2.31. The third-order valence-corrected chi connectivity index (χ3v) is 5.55.